The van der Waals surface area contributed by atoms with E-state index < -0.39 is 0 Å². The minimum atomic E-state index is -0.230. The highest BCUT2D eigenvalue weighted by Gasteiger charge is 2.42. The Labute approximate surface area is 161 Å². The van der Waals surface area contributed by atoms with Gasteiger partial charge in [-0.05, 0) is 38.4 Å². The van der Waals surface area contributed by atoms with E-state index in [0.717, 1.165) is 57.8 Å². The zero-order chi connectivity index (χ0) is 18.9. The number of rotatable bonds is 2. The molecule has 6 nitrogen and oxygen atoms in total. The molecule has 0 aromatic heterocycles. The minimum absolute atomic E-state index is 0.0485. The molecular formula is C21H29N3O3. The number of nitrogens with zero attached hydrogens (tertiary/aromatic N) is 3. The molecule has 0 N–H and O–H groups in total. The Morgan fingerprint density at radius 3 is 2.56 bits per heavy atom. The van der Waals surface area contributed by atoms with Crippen molar-refractivity contribution in [2.75, 3.05) is 51.3 Å². The number of amides is 2. The molecule has 6 heteroatoms. The molecule has 1 unspecified atom stereocenters. The fourth-order valence-corrected chi connectivity index (χ4v) is 4.75. The number of ether oxygens (including phenoxy) is 1. The molecule has 0 radical (unpaired) electrons. The molecule has 4 rings (SSSR count). The molecule has 3 heterocycles. The molecule has 0 saturated carbocycles. The van der Waals surface area contributed by atoms with Crippen molar-refractivity contribution in [1.82, 2.24) is 9.80 Å². The van der Waals surface area contributed by atoms with Crippen molar-refractivity contribution in [2.24, 2.45) is 5.92 Å². The largest absolute Gasteiger partial charge is 0.381 e. The lowest BCUT2D eigenvalue weighted by atomic mass is 9.85. The smallest absolute Gasteiger partial charge is 0.228 e. The molecule has 3 fully saturated rings. The number of hydrogen-bond acceptors (Lipinski definition) is 4. The summed E-state index contributed by atoms with van der Waals surface area (Å²) in [5.41, 5.74) is 1.05. The van der Waals surface area contributed by atoms with E-state index in [4.69, 9.17) is 4.74 Å². The second-order valence-corrected chi connectivity index (χ2v) is 8.07. The number of carbonyl (C=O) groups excluding carboxylic acids is 2. The van der Waals surface area contributed by atoms with Crippen LogP contribution in [-0.2, 0) is 14.3 Å². The van der Waals surface area contributed by atoms with E-state index in [9.17, 15) is 9.59 Å². The molecule has 1 atom stereocenters. The second-order valence-electron chi connectivity index (χ2n) is 8.07. The Morgan fingerprint density at radius 1 is 1.07 bits per heavy atom. The van der Waals surface area contributed by atoms with Crippen molar-refractivity contribution in [1.29, 1.82) is 0 Å². The zero-order valence-corrected chi connectivity index (χ0v) is 16.1. The molecule has 3 aliphatic rings. The van der Waals surface area contributed by atoms with Gasteiger partial charge in [0.25, 0.3) is 0 Å². The fourth-order valence-electron chi connectivity index (χ4n) is 4.75. The Balaban J connectivity index is 1.42. The van der Waals surface area contributed by atoms with Crippen LogP contribution < -0.4 is 4.90 Å². The summed E-state index contributed by atoms with van der Waals surface area (Å²) in [6.07, 6.45) is 3.38. The number of likely N-dealkylation sites (N-methyl/N-ethyl adjacent to an activating group) is 1. The highest BCUT2D eigenvalue weighted by molar-refractivity contribution is 6.00. The van der Waals surface area contributed by atoms with E-state index in [1.807, 2.05) is 35.2 Å². The summed E-state index contributed by atoms with van der Waals surface area (Å²) in [4.78, 5) is 31.8. The predicted octanol–water partition coefficient (Wildman–Crippen LogP) is 1.75. The Morgan fingerprint density at radius 2 is 1.81 bits per heavy atom. The third-order valence-electron chi connectivity index (χ3n) is 6.64. The van der Waals surface area contributed by atoms with Crippen molar-refractivity contribution >= 4 is 17.5 Å². The normalized spacial score (nSPS) is 26.4. The Hall–Kier alpha value is -1.92. The maximum Gasteiger partial charge on any atom is 0.228 e. The molecule has 1 aromatic carbocycles. The number of carbonyl (C=O) groups is 2. The minimum Gasteiger partial charge on any atom is -0.381 e. The van der Waals surface area contributed by atoms with Crippen LogP contribution >= 0.6 is 0 Å². The zero-order valence-electron chi connectivity index (χ0n) is 16.1. The third-order valence-corrected chi connectivity index (χ3v) is 6.64. The summed E-state index contributed by atoms with van der Waals surface area (Å²) >= 11 is 0. The van der Waals surface area contributed by atoms with Gasteiger partial charge in [-0.1, -0.05) is 18.2 Å². The van der Waals surface area contributed by atoms with Crippen LogP contribution in [0.3, 0.4) is 0 Å². The summed E-state index contributed by atoms with van der Waals surface area (Å²) in [6.45, 7) is 4.51. The molecule has 3 saturated heterocycles. The van der Waals surface area contributed by atoms with Crippen molar-refractivity contribution in [3.05, 3.63) is 30.3 Å². The summed E-state index contributed by atoms with van der Waals surface area (Å²) in [7, 11) is 2.18. The molecule has 1 spiro atoms. The van der Waals surface area contributed by atoms with Gasteiger partial charge in [0.15, 0.2) is 0 Å². The summed E-state index contributed by atoms with van der Waals surface area (Å²) in [5.74, 6) is -0.0431. The van der Waals surface area contributed by atoms with Crippen LogP contribution in [0.25, 0.3) is 0 Å². The first-order valence-electron chi connectivity index (χ1n) is 10.0. The second kappa shape index (κ2) is 7.60. The molecule has 0 bridgehead atoms. The van der Waals surface area contributed by atoms with Gasteiger partial charge >= 0.3 is 0 Å². The average Bonchev–Trinajstić information content (AvgIpc) is 3.03. The maximum atomic E-state index is 13.2. The van der Waals surface area contributed by atoms with Gasteiger partial charge in [-0.2, -0.15) is 0 Å². The van der Waals surface area contributed by atoms with Gasteiger partial charge in [-0.15, -0.1) is 0 Å². The SMILES string of the molecule is CN1CCN(C(=O)C2CC(=O)N(c3ccccc3)C2)CCC12CCOCC2. The highest BCUT2D eigenvalue weighted by atomic mass is 16.5. The van der Waals surface area contributed by atoms with Gasteiger partial charge in [0.05, 0.1) is 5.92 Å². The van der Waals surface area contributed by atoms with Gasteiger partial charge in [0.2, 0.25) is 11.8 Å². The van der Waals surface area contributed by atoms with E-state index in [-0.39, 0.29) is 23.3 Å². The fraction of sp³-hybridized carbons (Fsp3) is 0.619. The van der Waals surface area contributed by atoms with E-state index in [1.54, 1.807) is 4.90 Å². The maximum absolute atomic E-state index is 13.2. The van der Waals surface area contributed by atoms with Crippen LogP contribution in [0.2, 0.25) is 0 Å². The van der Waals surface area contributed by atoms with Crippen LogP contribution in [-0.4, -0.2) is 73.6 Å². The van der Waals surface area contributed by atoms with Crippen molar-refractivity contribution in [3.63, 3.8) is 0 Å². The lowest BCUT2D eigenvalue weighted by Gasteiger charge is -2.43. The molecule has 3 aliphatic heterocycles. The van der Waals surface area contributed by atoms with Crippen LogP contribution in [0, 0.1) is 5.92 Å². The van der Waals surface area contributed by atoms with Crippen molar-refractivity contribution in [3.8, 4) is 0 Å². The van der Waals surface area contributed by atoms with Gasteiger partial charge in [0, 0.05) is 57.0 Å². The number of para-hydroxylation sites is 1. The first-order valence-corrected chi connectivity index (χ1v) is 10.0. The van der Waals surface area contributed by atoms with Gasteiger partial charge in [0.1, 0.15) is 0 Å². The van der Waals surface area contributed by atoms with Crippen molar-refractivity contribution < 1.29 is 14.3 Å². The molecular weight excluding hydrogens is 342 g/mol. The van der Waals surface area contributed by atoms with E-state index >= 15 is 0 Å². The van der Waals surface area contributed by atoms with E-state index in [2.05, 4.69) is 11.9 Å². The quantitative estimate of drug-likeness (QED) is 0.795. The van der Waals surface area contributed by atoms with Crippen LogP contribution in [0.5, 0.6) is 0 Å². The summed E-state index contributed by atoms with van der Waals surface area (Å²) < 4.78 is 5.56. The molecule has 0 aliphatic carbocycles. The van der Waals surface area contributed by atoms with Gasteiger partial charge in [-0.3, -0.25) is 14.5 Å². The molecule has 2 amide bonds. The van der Waals surface area contributed by atoms with Crippen molar-refractivity contribution in [2.45, 2.75) is 31.2 Å². The number of hydrogen-bond donors (Lipinski definition) is 0. The topological polar surface area (TPSA) is 53.1 Å². The Bertz CT molecular complexity index is 687. The molecule has 1 aromatic rings. The van der Waals surface area contributed by atoms with Crippen LogP contribution in [0.4, 0.5) is 5.69 Å². The standard InChI is InChI=1S/C21H29N3O3/c1-22-11-12-23(10-7-21(22)8-13-27-14-9-21)20(26)17-15-19(25)24(16-17)18-5-3-2-4-6-18/h2-6,17H,7-16H2,1H3. The number of benzene rings is 1. The highest BCUT2D eigenvalue weighted by Crippen LogP contribution is 2.33. The number of anilines is 1. The van der Waals surface area contributed by atoms with Gasteiger partial charge in [-0.25, -0.2) is 0 Å². The van der Waals surface area contributed by atoms with E-state index in [1.165, 1.54) is 0 Å². The molecule has 146 valence electrons. The lowest BCUT2D eigenvalue weighted by Crippen LogP contribution is -2.50. The van der Waals surface area contributed by atoms with Crippen LogP contribution in [0.15, 0.2) is 30.3 Å². The summed E-state index contributed by atoms with van der Waals surface area (Å²) in [6, 6.07) is 9.65. The lowest BCUT2D eigenvalue weighted by molar-refractivity contribution is -0.135. The first kappa shape index (κ1) is 18.4. The Kier molecular flexibility index (Phi) is 5.19. The third kappa shape index (κ3) is 3.60. The molecule has 27 heavy (non-hydrogen) atoms. The summed E-state index contributed by atoms with van der Waals surface area (Å²) in [5, 5.41) is 0. The van der Waals surface area contributed by atoms with E-state index in [0.29, 0.717) is 13.0 Å². The van der Waals surface area contributed by atoms with Gasteiger partial charge < -0.3 is 14.5 Å². The monoisotopic (exact) mass is 371 g/mol. The predicted molar refractivity (Wildman–Crippen MR) is 104 cm³/mol. The average molecular weight is 371 g/mol. The first-order chi connectivity index (χ1) is 13.1. The van der Waals surface area contributed by atoms with Crippen LogP contribution in [0.1, 0.15) is 25.7 Å².